The number of carbonyl (C=O) groups is 1. The van der Waals surface area contributed by atoms with Gasteiger partial charge in [0.25, 0.3) is 0 Å². The van der Waals surface area contributed by atoms with Crippen molar-refractivity contribution in [1.29, 1.82) is 0 Å². The van der Waals surface area contributed by atoms with Gasteiger partial charge in [0.2, 0.25) is 0 Å². The topological polar surface area (TPSA) is 64.3 Å². The molecular weight excluding hydrogens is 180 g/mol. The number of nitrogens with one attached hydrogen (secondary N) is 1. The Bertz CT molecular complexity index is 181. The molecule has 1 unspecified atom stereocenters. The lowest BCUT2D eigenvalue weighted by Gasteiger charge is -2.28. The predicted octanol–water partition coefficient (Wildman–Crippen LogP) is 1.25. The molecule has 1 fully saturated rings. The van der Waals surface area contributed by atoms with E-state index in [9.17, 15) is 4.79 Å². The number of rotatable bonds is 6. The van der Waals surface area contributed by atoms with Crippen molar-refractivity contribution < 1.29 is 9.53 Å². The van der Waals surface area contributed by atoms with E-state index in [0.29, 0.717) is 19.2 Å². The monoisotopic (exact) mass is 200 g/mol. The lowest BCUT2D eigenvalue weighted by atomic mass is 9.81. The first-order valence-electron chi connectivity index (χ1n) is 5.34. The summed E-state index contributed by atoms with van der Waals surface area (Å²) >= 11 is 0. The van der Waals surface area contributed by atoms with E-state index in [1.807, 2.05) is 0 Å². The minimum atomic E-state index is -0.696. The van der Waals surface area contributed by atoms with Gasteiger partial charge < -0.3 is 15.8 Å². The van der Waals surface area contributed by atoms with Crippen LogP contribution in [0, 0.1) is 5.92 Å². The highest BCUT2D eigenvalue weighted by molar-refractivity contribution is 5.64. The van der Waals surface area contributed by atoms with Gasteiger partial charge in [-0.3, -0.25) is 0 Å². The smallest absolute Gasteiger partial charge is 0.404 e. The molecule has 0 spiro atoms. The molecule has 1 saturated carbocycles. The van der Waals surface area contributed by atoms with Gasteiger partial charge in [-0.15, -0.1) is 0 Å². The summed E-state index contributed by atoms with van der Waals surface area (Å²) in [6.07, 6.45) is 4.69. The zero-order valence-corrected chi connectivity index (χ0v) is 8.79. The van der Waals surface area contributed by atoms with Gasteiger partial charge in [-0.25, -0.2) is 4.79 Å². The van der Waals surface area contributed by atoms with E-state index in [1.54, 1.807) is 0 Å². The van der Waals surface area contributed by atoms with Crippen LogP contribution in [0.2, 0.25) is 0 Å². The van der Waals surface area contributed by atoms with E-state index < -0.39 is 6.09 Å². The van der Waals surface area contributed by atoms with Crippen LogP contribution in [0.15, 0.2) is 0 Å². The highest BCUT2D eigenvalue weighted by Crippen LogP contribution is 2.30. The molecular formula is C10H20N2O2. The second-order valence-corrected chi connectivity index (χ2v) is 4.06. The molecule has 0 heterocycles. The van der Waals surface area contributed by atoms with Crippen molar-refractivity contribution in [2.24, 2.45) is 11.7 Å². The first-order valence-corrected chi connectivity index (χ1v) is 5.34. The minimum Gasteiger partial charge on any atom is -0.448 e. The van der Waals surface area contributed by atoms with E-state index >= 15 is 0 Å². The van der Waals surface area contributed by atoms with Crippen molar-refractivity contribution in [3.8, 4) is 0 Å². The maximum atomic E-state index is 10.2. The van der Waals surface area contributed by atoms with Crippen LogP contribution in [0.5, 0.6) is 0 Å². The van der Waals surface area contributed by atoms with E-state index in [2.05, 4.69) is 17.0 Å². The predicted molar refractivity (Wildman–Crippen MR) is 55.0 cm³/mol. The van der Waals surface area contributed by atoms with Gasteiger partial charge in [0.15, 0.2) is 0 Å². The van der Waals surface area contributed by atoms with Gasteiger partial charge in [0, 0.05) is 12.6 Å². The van der Waals surface area contributed by atoms with Crippen molar-refractivity contribution in [2.45, 2.75) is 38.6 Å². The largest absolute Gasteiger partial charge is 0.448 e. The first kappa shape index (κ1) is 11.3. The number of hydrogen-bond acceptors (Lipinski definition) is 3. The van der Waals surface area contributed by atoms with Gasteiger partial charge in [-0.2, -0.15) is 0 Å². The third kappa shape index (κ3) is 4.46. The third-order valence-corrected chi connectivity index (χ3v) is 2.75. The average Bonchev–Trinajstić information content (AvgIpc) is 2.05. The molecule has 0 aliphatic heterocycles. The maximum Gasteiger partial charge on any atom is 0.404 e. The van der Waals surface area contributed by atoms with Crippen molar-refractivity contribution in [1.82, 2.24) is 5.32 Å². The average molecular weight is 200 g/mol. The Hall–Kier alpha value is -0.770. The molecule has 3 N–H and O–H groups in total. The Balaban J connectivity index is 1.91. The van der Waals surface area contributed by atoms with Gasteiger partial charge in [-0.05, 0) is 19.3 Å². The molecule has 1 aliphatic carbocycles. The highest BCUT2D eigenvalue weighted by atomic mass is 16.5. The number of amides is 1. The van der Waals surface area contributed by atoms with Crippen molar-refractivity contribution in [3.63, 3.8) is 0 Å². The molecule has 0 aromatic heterocycles. The van der Waals surface area contributed by atoms with Crippen molar-refractivity contribution in [3.05, 3.63) is 0 Å². The SMILES string of the molecule is CC(CC1CCC1)NCCOC(N)=O. The quantitative estimate of drug-likeness (QED) is 0.634. The minimum absolute atomic E-state index is 0.365. The van der Waals surface area contributed by atoms with Crippen LogP contribution in [0.25, 0.3) is 0 Å². The molecule has 4 heteroatoms. The maximum absolute atomic E-state index is 10.2. The Labute approximate surface area is 85.2 Å². The molecule has 1 rings (SSSR count). The van der Waals surface area contributed by atoms with Crippen molar-refractivity contribution in [2.75, 3.05) is 13.2 Å². The van der Waals surface area contributed by atoms with Crippen LogP contribution in [-0.4, -0.2) is 25.3 Å². The number of primary amides is 1. The summed E-state index contributed by atoms with van der Waals surface area (Å²) in [6, 6.07) is 0.511. The van der Waals surface area contributed by atoms with Crippen LogP contribution in [0.4, 0.5) is 4.79 Å². The molecule has 0 aromatic rings. The normalized spacial score (nSPS) is 18.6. The molecule has 1 atom stereocenters. The van der Waals surface area contributed by atoms with Gasteiger partial charge in [-0.1, -0.05) is 19.3 Å². The van der Waals surface area contributed by atoms with E-state index in [-0.39, 0.29) is 0 Å². The van der Waals surface area contributed by atoms with Gasteiger partial charge >= 0.3 is 6.09 Å². The molecule has 0 bridgehead atoms. The van der Waals surface area contributed by atoms with Gasteiger partial charge in [0.05, 0.1) is 0 Å². The van der Waals surface area contributed by atoms with Crippen LogP contribution in [0.1, 0.15) is 32.6 Å². The fraction of sp³-hybridized carbons (Fsp3) is 0.900. The summed E-state index contributed by atoms with van der Waals surface area (Å²) in [6.45, 7) is 3.23. The Morgan fingerprint density at radius 2 is 2.36 bits per heavy atom. The third-order valence-electron chi connectivity index (χ3n) is 2.75. The molecule has 0 radical (unpaired) electrons. The van der Waals surface area contributed by atoms with Crippen LogP contribution in [-0.2, 0) is 4.74 Å². The number of carbonyl (C=O) groups excluding carboxylic acids is 1. The summed E-state index contributed by atoms with van der Waals surface area (Å²) in [5.74, 6) is 0.912. The standard InChI is InChI=1S/C10H20N2O2/c1-8(7-9-3-2-4-9)12-5-6-14-10(11)13/h8-9,12H,2-7H2,1H3,(H2,11,13). The molecule has 82 valence electrons. The molecule has 0 aromatic carbocycles. The molecule has 1 amide bonds. The first-order chi connectivity index (χ1) is 6.68. The lowest BCUT2D eigenvalue weighted by molar-refractivity contribution is 0.155. The summed E-state index contributed by atoms with van der Waals surface area (Å²) in [7, 11) is 0. The zero-order valence-electron chi connectivity index (χ0n) is 8.79. The number of hydrogen-bond donors (Lipinski definition) is 2. The number of ether oxygens (including phenoxy) is 1. The summed E-state index contributed by atoms with van der Waals surface area (Å²) < 4.78 is 4.61. The van der Waals surface area contributed by atoms with E-state index in [4.69, 9.17) is 5.73 Å². The number of nitrogens with two attached hydrogens (primary N) is 1. The molecule has 0 saturated heterocycles. The van der Waals surface area contributed by atoms with E-state index in [0.717, 1.165) is 5.92 Å². The van der Waals surface area contributed by atoms with E-state index in [1.165, 1.54) is 25.7 Å². The van der Waals surface area contributed by atoms with Crippen molar-refractivity contribution >= 4 is 6.09 Å². The second-order valence-electron chi connectivity index (χ2n) is 4.06. The molecule has 1 aliphatic rings. The second kappa shape index (κ2) is 5.86. The molecule has 14 heavy (non-hydrogen) atoms. The summed E-state index contributed by atoms with van der Waals surface area (Å²) in [5.41, 5.74) is 4.83. The Morgan fingerprint density at radius 1 is 1.64 bits per heavy atom. The van der Waals surface area contributed by atoms with Crippen LogP contribution < -0.4 is 11.1 Å². The zero-order chi connectivity index (χ0) is 10.4. The fourth-order valence-corrected chi connectivity index (χ4v) is 1.77. The fourth-order valence-electron chi connectivity index (χ4n) is 1.77. The molecule has 4 nitrogen and oxygen atoms in total. The Morgan fingerprint density at radius 3 is 2.86 bits per heavy atom. The Kier molecular flexibility index (Phi) is 4.73. The summed E-state index contributed by atoms with van der Waals surface area (Å²) in [5, 5.41) is 3.30. The lowest BCUT2D eigenvalue weighted by Crippen LogP contribution is -2.33. The van der Waals surface area contributed by atoms with Crippen LogP contribution >= 0.6 is 0 Å². The van der Waals surface area contributed by atoms with Gasteiger partial charge in [0.1, 0.15) is 6.61 Å². The van der Waals surface area contributed by atoms with Crippen LogP contribution in [0.3, 0.4) is 0 Å². The highest BCUT2D eigenvalue weighted by Gasteiger charge is 2.19. The summed E-state index contributed by atoms with van der Waals surface area (Å²) in [4.78, 5) is 10.2.